The van der Waals surface area contributed by atoms with E-state index < -0.39 is 11.7 Å². The number of rotatable bonds is 8. The molecule has 0 bridgehead atoms. The van der Waals surface area contributed by atoms with Crippen molar-refractivity contribution in [1.82, 2.24) is 20.1 Å². The number of nitrogens with one attached hydrogen (secondary N) is 1. The molecule has 1 amide bonds. The molecule has 0 aliphatic rings. The molecule has 3 aromatic carbocycles. The van der Waals surface area contributed by atoms with Gasteiger partial charge in [-0.3, -0.25) is 9.36 Å². The van der Waals surface area contributed by atoms with Crippen molar-refractivity contribution in [3.05, 3.63) is 107 Å². The number of aromatic nitrogens is 3. The number of carbonyl (C=O) groups is 1. The number of hydrogen-bond donors (Lipinski definition) is 1. The van der Waals surface area contributed by atoms with Crippen LogP contribution in [0, 0.1) is 0 Å². The van der Waals surface area contributed by atoms with Gasteiger partial charge in [-0.15, -0.1) is 10.2 Å². The van der Waals surface area contributed by atoms with Gasteiger partial charge in [0.15, 0.2) is 5.16 Å². The first-order valence-corrected chi connectivity index (χ1v) is 11.5. The highest BCUT2D eigenvalue weighted by Gasteiger charge is 2.30. The lowest BCUT2D eigenvalue weighted by atomic mass is 10.1. The lowest BCUT2D eigenvalue weighted by Crippen LogP contribution is -2.24. The van der Waals surface area contributed by atoms with Crippen LogP contribution in [0.15, 0.2) is 90.1 Å². The maximum Gasteiger partial charge on any atom is 0.416 e. The summed E-state index contributed by atoms with van der Waals surface area (Å²) >= 11 is 1.22. The molecule has 5 nitrogen and oxygen atoms in total. The van der Waals surface area contributed by atoms with Crippen molar-refractivity contribution in [1.29, 1.82) is 0 Å². The fourth-order valence-corrected chi connectivity index (χ4v) is 4.16. The molecule has 1 heterocycles. The molecule has 4 aromatic rings. The van der Waals surface area contributed by atoms with Gasteiger partial charge in [-0.25, -0.2) is 0 Å². The van der Waals surface area contributed by atoms with Gasteiger partial charge in [0.05, 0.1) is 11.3 Å². The van der Waals surface area contributed by atoms with Gasteiger partial charge < -0.3 is 5.32 Å². The number of benzene rings is 3. The van der Waals surface area contributed by atoms with Gasteiger partial charge >= 0.3 is 6.18 Å². The molecule has 1 aromatic heterocycles. The van der Waals surface area contributed by atoms with Crippen molar-refractivity contribution in [2.45, 2.75) is 24.3 Å². The van der Waals surface area contributed by atoms with E-state index in [1.165, 1.54) is 17.8 Å². The Balaban J connectivity index is 1.52. The molecule has 0 fully saturated rings. The summed E-state index contributed by atoms with van der Waals surface area (Å²) < 4.78 is 41.2. The van der Waals surface area contributed by atoms with Crippen molar-refractivity contribution >= 4 is 17.7 Å². The van der Waals surface area contributed by atoms with Gasteiger partial charge in [0.1, 0.15) is 5.82 Å². The van der Waals surface area contributed by atoms with Crippen LogP contribution in [0.1, 0.15) is 22.5 Å². The van der Waals surface area contributed by atoms with E-state index in [0.29, 0.717) is 23.1 Å². The number of alkyl halides is 3. The van der Waals surface area contributed by atoms with Gasteiger partial charge in [0, 0.05) is 18.7 Å². The van der Waals surface area contributed by atoms with Crippen LogP contribution in [-0.4, -0.2) is 26.4 Å². The maximum absolute atomic E-state index is 13.1. The second-order valence-electron chi connectivity index (χ2n) is 7.50. The number of halogens is 3. The van der Waals surface area contributed by atoms with E-state index >= 15 is 0 Å². The molecule has 0 saturated carbocycles. The predicted molar refractivity (Wildman–Crippen MR) is 125 cm³/mol. The largest absolute Gasteiger partial charge is 0.416 e. The number of para-hydroxylation sites is 1. The smallest absolute Gasteiger partial charge is 0.351 e. The fraction of sp³-hybridized carbons (Fsp3) is 0.160. The van der Waals surface area contributed by atoms with Gasteiger partial charge in [-0.1, -0.05) is 78.5 Å². The van der Waals surface area contributed by atoms with Crippen molar-refractivity contribution in [2.75, 3.05) is 5.75 Å². The van der Waals surface area contributed by atoms with Crippen molar-refractivity contribution in [3.8, 4) is 5.69 Å². The van der Waals surface area contributed by atoms with Crippen LogP contribution in [0.2, 0.25) is 0 Å². The van der Waals surface area contributed by atoms with E-state index in [0.717, 1.165) is 23.4 Å². The molecule has 174 valence electrons. The topological polar surface area (TPSA) is 59.8 Å². The highest BCUT2D eigenvalue weighted by atomic mass is 32.2. The molecule has 0 atom stereocenters. The Morgan fingerprint density at radius 3 is 2.26 bits per heavy atom. The molecule has 0 saturated heterocycles. The molecule has 9 heteroatoms. The molecular weight excluding hydrogens is 461 g/mol. The first kappa shape index (κ1) is 23.6. The Bertz CT molecular complexity index is 1240. The third-order valence-electron chi connectivity index (χ3n) is 5.00. The first-order chi connectivity index (χ1) is 16.4. The van der Waals surface area contributed by atoms with Crippen molar-refractivity contribution < 1.29 is 18.0 Å². The summed E-state index contributed by atoms with van der Waals surface area (Å²) in [4.78, 5) is 12.4. The quantitative estimate of drug-likeness (QED) is 0.347. The summed E-state index contributed by atoms with van der Waals surface area (Å²) in [5.74, 6) is 0.454. The van der Waals surface area contributed by atoms with Gasteiger partial charge in [-0.05, 0) is 29.3 Å². The Kier molecular flexibility index (Phi) is 7.32. The number of thioether (sulfide) groups is 1. The predicted octanol–water partition coefficient (Wildman–Crippen LogP) is 5.29. The lowest BCUT2D eigenvalue weighted by Gasteiger charge is -2.12. The third kappa shape index (κ3) is 6.05. The van der Waals surface area contributed by atoms with Crippen LogP contribution < -0.4 is 5.32 Å². The average Bonchev–Trinajstić information content (AvgIpc) is 3.24. The second-order valence-corrected chi connectivity index (χ2v) is 8.44. The van der Waals surface area contributed by atoms with E-state index in [1.807, 2.05) is 60.7 Å². The zero-order chi connectivity index (χ0) is 24.0. The molecule has 4 rings (SSSR count). The summed E-state index contributed by atoms with van der Waals surface area (Å²) in [6, 6.07) is 24.0. The summed E-state index contributed by atoms with van der Waals surface area (Å²) in [5.41, 5.74) is 1.52. The highest BCUT2D eigenvalue weighted by molar-refractivity contribution is 7.99. The van der Waals surface area contributed by atoms with E-state index in [9.17, 15) is 18.0 Å². The maximum atomic E-state index is 13.1. The summed E-state index contributed by atoms with van der Waals surface area (Å²) in [6.45, 7) is 0.423. The number of amides is 1. The van der Waals surface area contributed by atoms with E-state index in [1.54, 1.807) is 10.6 Å². The highest BCUT2D eigenvalue weighted by Crippen LogP contribution is 2.30. The number of hydrogen-bond acceptors (Lipinski definition) is 4. The normalized spacial score (nSPS) is 11.4. The Hall–Kier alpha value is -3.59. The molecule has 0 spiro atoms. The van der Waals surface area contributed by atoms with E-state index in [-0.39, 0.29) is 18.1 Å². The van der Waals surface area contributed by atoms with Crippen LogP contribution in [0.25, 0.3) is 5.69 Å². The first-order valence-electron chi connectivity index (χ1n) is 10.5. The van der Waals surface area contributed by atoms with E-state index in [2.05, 4.69) is 15.5 Å². The zero-order valence-electron chi connectivity index (χ0n) is 18.0. The Morgan fingerprint density at radius 1 is 0.882 bits per heavy atom. The minimum atomic E-state index is -4.42. The zero-order valence-corrected chi connectivity index (χ0v) is 18.8. The minimum absolute atomic E-state index is 0.126. The third-order valence-corrected chi connectivity index (χ3v) is 5.93. The van der Waals surface area contributed by atoms with Crippen molar-refractivity contribution in [3.63, 3.8) is 0 Å². The molecule has 0 radical (unpaired) electrons. The molecule has 0 unspecified atom stereocenters. The van der Waals surface area contributed by atoms with Gasteiger partial charge in [0.2, 0.25) is 5.91 Å². The van der Waals surface area contributed by atoms with Gasteiger partial charge in [-0.2, -0.15) is 13.2 Å². The number of carbonyl (C=O) groups excluding carboxylic acids is 1. The molecule has 0 aliphatic heterocycles. The lowest BCUT2D eigenvalue weighted by molar-refractivity contribution is -0.137. The minimum Gasteiger partial charge on any atom is -0.351 e. The standard InChI is InChI=1S/C25H21F3N4OS/c26-25(27,28)20-11-7-10-19(14-20)15-22-30-31-24(32(22)21-12-5-2-6-13-21)34-17-23(33)29-16-18-8-3-1-4-9-18/h1-14H,15-17H2,(H,29,33). The summed E-state index contributed by atoms with van der Waals surface area (Å²) in [5, 5.41) is 11.8. The molecule has 34 heavy (non-hydrogen) atoms. The summed E-state index contributed by atoms with van der Waals surface area (Å²) in [6.07, 6.45) is -4.26. The second kappa shape index (κ2) is 10.6. The van der Waals surface area contributed by atoms with Gasteiger partial charge in [0.25, 0.3) is 0 Å². The SMILES string of the molecule is O=C(CSc1nnc(Cc2cccc(C(F)(F)F)c2)n1-c1ccccc1)NCc1ccccc1. The average molecular weight is 483 g/mol. The van der Waals surface area contributed by atoms with Crippen LogP contribution in [0.4, 0.5) is 13.2 Å². The Labute approximate surface area is 199 Å². The summed E-state index contributed by atoms with van der Waals surface area (Å²) in [7, 11) is 0. The molecular formula is C25H21F3N4OS. The van der Waals surface area contributed by atoms with Crippen LogP contribution >= 0.6 is 11.8 Å². The molecule has 0 aliphatic carbocycles. The Morgan fingerprint density at radius 2 is 1.56 bits per heavy atom. The van der Waals surface area contributed by atoms with Crippen LogP contribution in [0.3, 0.4) is 0 Å². The van der Waals surface area contributed by atoms with Crippen LogP contribution in [-0.2, 0) is 23.9 Å². The van der Waals surface area contributed by atoms with Crippen LogP contribution in [0.5, 0.6) is 0 Å². The van der Waals surface area contributed by atoms with E-state index in [4.69, 9.17) is 0 Å². The van der Waals surface area contributed by atoms with Crippen molar-refractivity contribution in [2.24, 2.45) is 0 Å². The fourth-order valence-electron chi connectivity index (χ4n) is 3.36. The molecule has 1 N–H and O–H groups in total. The monoisotopic (exact) mass is 482 g/mol. The number of nitrogens with zero attached hydrogens (tertiary/aromatic N) is 3.